The van der Waals surface area contributed by atoms with Crippen LogP contribution in [0.3, 0.4) is 0 Å². The molecule has 96 valence electrons. The second-order valence-corrected chi connectivity index (χ2v) is 4.28. The molecule has 0 saturated carbocycles. The Hall–Kier alpha value is -1.65. The molecule has 2 rings (SSSR count). The molecule has 18 heavy (non-hydrogen) atoms. The van der Waals surface area contributed by atoms with E-state index in [4.69, 9.17) is 10.3 Å². The fraction of sp³-hybridized carbons (Fsp3) is 0.286. The highest BCUT2D eigenvalue weighted by Crippen LogP contribution is 2.28. The first-order chi connectivity index (χ1) is 8.67. The summed E-state index contributed by atoms with van der Waals surface area (Å²) in [5.41, 5.74) is 5.07. The predicted octanol–water partition coefficient (Wildman–Crippen LogP) is 2.84. The van der Waals surface area contributed by atoms with Crippen molar-refractivity contribution in [3.05, 3.63) is 58.8 Å². The molecule has 0 bridgehead atoms. The molecular weight excluding hydrogens is 231 g/mol. The van der Waals surface area contributed by atoms with Crippen LogP contribution in [0.15, 0.2) is 34.9 Å². The number of halogens is 1. The van der Waals surface area contributed by atoms with E-state index >= 15 is 0 Å². The Bertz CT molecular complexity index is 536. The molecule has 0 aliphatic rings. The molecule has 0 amide bonds. The average molecular weight is 248 g/mol. The number of rotatable bonds is 4. The zero-order chi connectivity index (χ0) is 13.1. The van der Waals surface area contributed by atoms with Crippen LogP contribution >= 0.6 is 0 Å². The molecule has 0 radical (unpaired) electrons. The molecule has 0 fully saturated rings. The van der Waals surface area contributed by atoms with Crippen molar-refractivity contribution in [3.8, 4) is 0 Å². The second-order valence-electron chi connectivity index (χ2n) is 4.28. The Balaban J connectivity index is 2.48. The summed E-state index contributed by atoms with van der Waals surface area (Å²) >= 11 is 0. The van der Waals surface area contributed by atoms with Gasteiger partial charge in [-0.25, -0.2) is 9.82 Å². The van der Waals surface area contributed by atoms with E-state index in [0.29, 0.717) is 5.56 Å². The molecule has 0 aliphatic carbocycles. The van der Waals surface area contributed by atoms with Crippen LogP contribution in [-0.2, 0) is 6.42 Å². The van der Waals surface area contributed by atoms with Crippen LogP contribution in [-0.4, -0.2) is 0 Å². The summed E-state index contributed by atoms with van der Waals surface area (Å²) in [4.78, 5) is 0. The summed E-state index contributed by atoms with van der Waals surface area (Å²) in [5, 5.41) is 0. The van der Waals surface area contributed by atoms with Gasteiger partial charge in [0.2, 0.25) is 0 Å². The van der Waals surface area contributed by atoms with Gasteiger partial charge in [-0.15, -0.1) is 0 Å². The van der Waals surface area contributed by atoms with Gasteiger partial charge in [-0.2, -0.15) is 0 Å². The van der Waals surface area contributed by atoms with Crippen LogP contribution in [0.2, 0.25) is 0 Å². The molecular formula is C14H17FN2O. The minimum atomic E-state index is -0.390. The summed E-state index contributed by atoms with van der Waals surface area (Å²) in [7, 11) is 0. The zero-order valence-electron chi connectivity index (χ0n) is 10.5. The van der Waals surface area contributed by atoms with Gasteiger partial charge in [0.25, 0.3) is 0 Å². The summed E-state index contributed by atoms with van der Waals surface area (Å²) in [5.74, 6) is 6.13. The van der Waals surface area contributed by atoms with Crippen LogP contribution in [0.4, 0.5) is 4.39 Å². The van der Waals surface area contributed by atoms with Gasteiger partial charge in [0.15, 0.2) is 0 Å². The van der Waals surface area contributed by atoms with Gasteiger partial charge in [0.05, 0.1) is 12.3 Å². The third-order valence-corrected chi connectivity index (χ3v) is 3.04. The van der Waals surface area contributed by atoms with Crippen LogP contribution in [0.25, 0.3) is 0 Å². The van der Waals surface area contributed by atoms with Crippen LogP contribution in [0.1, 0.15) is 35.4 Å². The van der Waals surface area contributed by atoms with Crippen molar-refractivity contribution in [2.75, 3.05) is 0 Å². The van der Waals surface area contributed by atoms with E-state index in [1.807, 2.05) is 19.9 Å². The zero-order valence-corrected chi connectivity index (χ0v) is 10.5. The number of benzene rings is 1. The van der Waals surface area contributed by atoms with Crippen molar-refractivity contribution in [3.63, 3.8) is 0 Å². The maximum Gasteiger partial charge on any atom is 0.128 e. The van der Waals surface area contributed by atoms with Gasteiger partial charge in [-0.3, -0.25) is 5.84 Å². The molecule has 0 spiro atoms. The van der Waals surface area contributed by atoms with Crippen LogP contribution in [0, 0.1) is 12.7 Å². The molecule has 1 heterocycles. The lowest BCUT2D eigenvalue weighted by Crippen LogP contribution is -2.30. The first-order valence-electron chi connectivity index (χ1n) is 5.95. The molecule has 0 aliphatic heterocycles. The van der Waals surface area contributed by atoms with Gasteiger partial charge in [0, 0.05) is 17.5 Å². The van der Waals surface area contributed by atoms with Crippen molar-refractivity contribution < 1.29 is 8.81 Å². The lowest BCUT2D eigenvalue weighted by atomic mass is 9.97. The maximum atomic E-state index is 13.9. The van der Waals surface area contributed by atoms with E-state index in [2.05, 4.69) is 5.43 Å². The minimum absolute atomic E-state index is 0.271. The smallest absolute Gasteiger partial charge is 0.128 e. The SMILES string of the molecule is CCc1occc1C(NN)c1cc(C)ccc1F. The number of nitrogens with one attached hydrogen (secondary N) is 1. The fourth-order valence-electron chi connectivity index (χ4n) is 2.13. The van der Waals surface area contributed by atoms with E-state index < -0.39 is 6.04 Å². The van der Waals surface area contributed by atoms with Gasteiger partial charge >= 0.3 is 0 Å². The first kappa shape index (κ1) is 12.8. The van der Waals surface area contributed by atoms with E-state index in [0.717, 1.165) is 23.3 Å². The van der Waals surface area contributed by atoms with Crippen molar-refractivity contribution in [2.45, 2.75) is 26.3 Å². The highest BCUT2D eigenvalue weighted by atomic mass is 19.1. The number of furan rings is 1. The Morgan fingerprint density at radius 3 is 2.78 bits per heavy atom. The van der Waals surface area contributed by atoms with E-state index in [1.54, 1.807) is 18.4 Å². The van der Waals surface area contributed by atoms with Gasteiger partial charge in [-0.1, -0.05) is 24.6 Å². The standard InChI is InChI=1S/C14H17FN2O/c1-3-13-10(6-7-18-13)14(17-16)11-8-9(2)4-5-12(11)15/h4-8,14,17H,3,16H2,1-2H3. The molecule has 0 saturated heterocycles. The van der Waals surface area contributed by atoms with Gasteiger partial charge in [-0.05, 0) is 19.1 Å². The Morgan fingerprint density at radius 1 is 1.33 bits per heavy atom. The Morgan fingerprint density at radius 2 is 2.11 bits per heavy atom. The van der Waals surface area contributed by atoms with Crippen molar-refractivity contribution in [2.24, 2.45) is 5.84 Å². The highest BCUT2D eigenvalue weighted by molar-refractivity contribution is 5.36. The summed E-state index contributed by atoms with van der Waals surface area (Å²) in [6.45, 7) is 3.91. The molecule has 4 heteroatoms. The number of hydrazine groups is 1. The molecule has 1 atom stereocenters. The lowest BCUT2D eigenvalue weighted by molar-refractivity contribution is 0.497. The molecule has 3 N–H and O–H groups in total. The first-order valence-corrected chi connectivity index (χ1v) is 5.95. The number of aryl methyl sites for hydroxylation is 2. The van der Waals surface area contributed by atoms with Crippen molar-refractivity contribution in [1.82, 2.24) is 5.43 Å². The quantitative estimate of drug-likeness (QED) is 0.646. The topological polar surface area (TPSA) is 51.2 Å². The average Bonchev–Trinajstić information content (AvgIpc) is 2.83. The van der Waals surface area contributed by atoms with E-state index in [9.17, 15) is 4.39 Å². The molecule has 3 nitrogen and oxygen atoms in total. The predicted molar refractivity (Wildman–Crippen MR) is 68.4 cm³/mol. The molecule has 1 aromatic carbocycles. The Labute approximate surface area is 106 Å². The normalized spacial score (nSPS) is 12.7. The largest absolute Gasteiger partial charge is 0.469 e. The maximum absolute atomic E-state index is 13.9. The minimum Gasteiger partial charge on any atom is -0.469 e. The monoisotopic (exact) mass is 248 g/mol. The second kappa shape index (κ2) is 5.33. The van der Waals surface area contributed by atoms with Gasteiger partial charge < -0.3 is 4.42 Å². The number of hydrogen-bond acceptors (Lipinski definition) is 3. The summed E-state index contributed by atoms with van der Waals surface area (Å²) in [6, 6.07) is 6.43. The highest BCUT2D eigenvalue weighted by Gasteiger charge is 2.20. The molecule has 2 aromatic rings. The van der Waals surface area contributed by atoms with E-state index in [-0.39, 0.29) is 5.82 Å². The van der Waals surface area contributed by atoms with Crippen molar-refractivity contribution >= 4 is 0 Å². The Kier molecular flexibility index (Phi) is 3.79. The number of nitrogens with two attached hydrogens (primary N) is 1. The van der Waals surface area contributed by atoms with Crippen LogP contribution in [0.5, 0.6) is 0 Å². The third-order valence-electron chi connectivity index (χ3n) is 3.04. The molecule has 1 aromatic heterocycles. The van der Waals surface area contributed by atoms with Gasteiger partial charge in [0.1, 0.15) is 11.6 Å². The fourth-order valence-corrected chi connectivity index (χ4v) is 2.13. The third kappa shape index (κ3) is 2.30. The number of hydrogen-bond donors (Lipinski definition) is 2. The van der Waals surface area contributed by atoms with Crippen molar-refractivity contribution in [1.29, 1.82) is 0 Å². The summed E-state index contributed by atoms with van der Waals surface area (Å²) < 4.78 is 19.3. The lowest BCUT2D eigenvalue weighted by Gasteiger charge is -2.17. The summed E-state index contributed by atoms with van der Waals surface area (Å²) in [6.07, 6.45) is 2.35. The molecule has 1 unspecified atom stereocenters. The van der Waals surface area contributed by atoms with Crippen LogP contribution < -0.4 is 11.3 Å². The van der Waals surface area contributed by atoms with E-state index in [1.165, 1.54) is 6.07 Å².